The van der Waals surface area contributed by atoms with Crippen LogP contribution in [0.2, 0.25) is 0 Å². The fourth-order valence-electron chi connectivity index (χ4n) is 3.68. The quantitative estimate of drug-likeness (QED) is 0.865. The van der Waals surface area contributed by atoms with Crippen LogP contribution < -0.4 is 5.32 Å². The van der Waals surface area contributed by atoms with Crippen molar-refractivity contribution in [1.29, 1.82) is 5.26 Å². The summed E-state index contributed by atoms with van der Waals surface area (Å²) in [6, 6.07) is 4.79. The van der Waals surface area contributed by atoms with Gasteiger partial charge in [-0.1, -0.05) is 6.42 Å². The Morgan fingerprint density at radius 2 is 2.17 bits per heavy atom. The molecular formula is C15H19N3. The Hall–Kier alpha value is -1.56. The van der Waals surface area contributed by atoms with Gasteiger partial charge >= 0.3 is 0 Å². The molecule has 3 atom stereocenters. The molecule has 3 nitrogen and oxygen atoms in total. The highest BCUT2D eigenvalue weighted by Crippen LogP contribution is 2.45. The highest BCUT2D eigenvalue weighted by Gasteiger charge is 2.39. The maximum Gasteiger partial charge on any atom is 0.144 e. The zero-order valence-electron chi connectivity index (χ0n) is 11.0. The van der Waals surface area contributed by atoms with E-state index in [2.05, 4.69) is 16.4 Å². The van der Waals surface area contributed by atoms with Gasteiger partial charge in [0, 0.05) is 11.7 Å². The molecule has 2 aliphatic rings. The number of fused-ring (bicyclic) bond motifs is 2. The van der Waals surface area contributed by atoms with Crippen molar-refractivity contribution < 1.29 is 0 Å². The molecule has 1 heterocycles. The Kier molecular flexibility index (Phi) is 2.74. The Balaban J connectivity index is 1.86. The number of hydrogen-bond acceptors (Lipinski definition) is 3. The van der Waals surface area contributed by atoms with E-state index in [1.54, 1.807) is 0 Å². The maximum atomic E-state index is 9.27. The molecule has 0 aromatic carbocycles. The van der Waals surface area contributed by atoms with Crippen molar-refractivity contribution in [2.75, 3.05) is 5.32 Å². The fourth-order valence-corrected chi connectivity index (χ4v) is 3.68. The van der Waals surface area contributed by atoms with E-state index in [0.29, 0.717) is 11.6 Å². The van der Waals surface area contributed by atoms with E-state index in [0.717, 1.165) is 28.9 Å². The average molecular weight is 241 g/mol. The molecule has 1 aromatic rings. The van der Waals surface area contributed by atoms with Crippen LogP contribution >= 0.6 is 0 Å². The van der Waals surface area contributed by atoms with Crippen LogP contribution in [0.3, 0.4) is 0 Å². The molecule has 1 N–H and O–H groups in total. The summed E-state index contributed by atoms with van der Waals surface area (Å²) in [4.78, 5) is 4.52. The third kappa shape index (κ3) is 1.86. The Morgan fingerprint density at radius 1 is 1.33 bits per heavy atom. The van der Waals surface area contributed by atoms with Gasteiger partial charge in [0.15, 0.2) is 0 Å². The standard InChI is InChI=1S/C15H19N3/c1-9-5-10(2)17-15(13(9)8-16)18-14-7-11-3-4-12(14)6-11/h5,11-12,14H,3-4,6-7H2,1-2H3,(H,17,18). The van der Waals surface area contributed by atoms with Crippen molar-refractivity contribution >= 4 is 5.82 Å². The summed E-state index contributed by atoms with van der Waals surface area (Å²) in [6.45, 7) is 3.97. The first-order valence-electron chi connectivity index (χ1n) is 6.82. The smallest absolute Gasteiger partial charge is 0.144 e. The lowest BCUT2D eigenvalue weighted by atomic mass is 9.95. The summed E-state index contributed by atoms with van der Waals surface area (Å²) in [6.07, 6.45) is 5.36. The number of nitrogens with one attached hydrogen (secondary N) is 1. The van der Waals surface area contributed by atoms with E-state index in [1.807, 2.05) is 19.9 Å². The lowest BCUT2D eigenvalue weighted by Crippen LogP contribution is -2.27. The Morgan fingerprint density at radius 3 is 2.78 bits per heavy atom. The number of hydrogen-bond donors (Lipinski definition) is 1. The molecule has 2 fully saturated rings. The lowest BCUT2D eigenvalue weighted by molar-refractivity contribution is 0.439. The predicted octanol–water partition coefficient (Wildman–Crippen LogP) is 3.17. The molecule has 2 saturated carbocycles. The molecule has 3 rings (SSSR count). The molecule has 0 spiro atoms. The van der Waals surface area contributed by atoms with Crippen molar-refractivity contribution in [2.24, 2.45) is 11.8 Å². The zero-order chi connectivity index (χ0) is 12.7. The zero-order valence-corrected chi connectivity index (χ0v) is 11.0. The van der Waals surface area contributed by atoms with Crippen LogP contribution in [0.4, 0.5) is 5.82 Å². The van der Waals surface area contributed by atoms with Crippen molar-refractivity contribution in [2.45, 2.75) is 45.6 Å². The predicted molar refractivity (Wildman–Crippen MR) is 71.3 cm³/mol. The van der Waals surface area contributed by atoms with Crippen LogP contribution in [0.1, 0.15) is 42.5 Å². The fraction of sp³-hybridized carbons (Fsp3) is 0.600. The van der Waals surface area contributed by atoms with Crippen molar-refractivity contribution in [3.63, 3.8) is 0 Å². The molecule has 0 saturated heterocycles. The molecule has 3 unspecified atom stereocenters. The molecule has 0 radical (unpaired) electrons. The SMILES string of the molecule is Cc1cc(C)c(C#N)c(NC2CC3CCC2C3)n1. The van der Waals surface area contributed by atoms with Crippen molar-refractivity contribution in [3.8, 4) is 6.07 Å². The van der Waals surface area contributed by atoms with Gasteiger partial charge < -0.3 is 5.32 Å². The number of nitrogens with zero attached hydrogens (tertiary/aromatic N) is 2. The maximum absolute atomic E-state index is 9.27. The minimum atomic E-state index is 0.532. The van der Waals surface area contributed by atoms with Crippen LogP contribution in [0.5, 0.6) is 0 Å². The van der Waals surface area contributed by atoms with Gasteiger partial charge in [0.1, 0.15) is 11.9 Å². The van der Waals surface area contributed by atoms with Crippen LogP contribution in [0.25, 0.3) is 0 Å². The molecule has 94 valence electrons. The second-order valence-corrected chi connectivity index (χ2v) is 5.84. The van der Waals surface area contributed by atoms with E-state index in [-0.39, 0.29) is 0 Å². The summed E-state index contributed by atoms with van der Waals surface area (Å²) < 4.78 is 0. The average Bonchev–Trinajstić information content (AvgIpc) is 2.90. The second-order valence-electron chi connectivity index (χ2n) is 5.84. The number of anilines is 1. The molecule has 2 aliphatic carbocycles. The van der Waals surface area contributed by atoms with Gasteiger partial charge in [0.05, 0.1) is 5.56 Å². The molecule has 2 bridgehead atoms. The van der Waals surface area contributed by atoms with Crippen LogP contribution in [0, 0.1) is 37.0 Å². The normalized spacial score (nSPS) is 29.3. The lowest BCUT2D eigenvalue weighted by Gasteiger charge is -2.24. The summed E-state index contributed by atoms with van der Waals surface area (Å²) >= 11 is 0. The number of pyridine rings is 1. The first-order valence-corrected chi connectivity index (χ1v) is 6.82. The summed E-state index contributed by atoms with van der Waals surface area (Å²) in [5.41, 5.74) is 2.72. The molecule has 0 aliphatic heterocycles. The minimum Gasteiger partial charge on any atom is -0.366 e. The summed E-state index contributed by atoms with van der Waals surface area (Å²) in [5.74, 6) is 2.50. The highest BCUT2D eigenvalue weighted by atomic mass is 15.0. The second kappa shape index (κ2) is 4.28. The Labute approximate surface area is 108 Å². The van der Waals surface area contributed by atoms with Gasteiger partial charge in [-0.25, -0.2) is 4.98 Å². The van der Waals surface area contributed by atoms with Gasteiger partial charge in [-0.05, 0) is 56.6 Å². The van der Waals surface area contributed by atoms with Gasteiger partial charge in [-0.15, -0.1) is 0 Å². The Bertz CT molecular complexity index is 515. The number of aryl methyl sites for hydroxylation is 2. The van der Waals surface area contributed by atoms with E-state index in [4.69, 9.17) is 0 Å². The van der Waals surface area contributed by atoms with Crippen LogP contribution in [-0.2, 0) is 0 Å². The van der Waals surface area contributed by atoms with E-state index in [9.17, 15) is 5.26 Å². The number of rotatable bonds is 2. The van der Waals surface area contributed by atoms with Gasteiger partial charge in [0.25, 0.3) is 0 Å². The van der Waals surface area contributed by atoms with Crippen LogP contribution in [-0.4, -0.2) is 11.0 Å². The third-order valence-corrected chi connectivity index (χ3v) is 4.52. The van der Waals surface area contributed by atoms with Gasteiger partial charge in [0.2, 0.25) is 0 Å². The molecular weight excluding hydrogens is 222 g/mol. The topological polar surface area (TPSA) is 48.7 Å². The minimum absolute atomic E-state index is 0.532. The van der Waals surface area contributed by atoms with Crippen molar-refractivity contribution in [1.82, 2.24) is 4.98 Å². The van der Waals surface area contributed by atoms with Gasteiger partial charge in [-0.3, -0.25) is 0 Å². The van der Waals surface area contributed by atoms with E-state index < -0.39 is 0 Å². The van der Waals surface area contributed by atoms with E-state index in [1.165, 1.54) is 25.7 Å². The largest absolute Gasteiger partial charge is 0.366 e. The molecule has 18 heavy (non-hydrogen) atoms. The summed E-state index contributed by atoms with van der Waals surface area (Å²) in [5, 5.41) is 12.8. The third-order valence-electron chi connectivity index (χ3n) is 4.52. The first kappa shape index (κ1) is 11.5. The molecule has 3 heteroatoms. The van der Waals surface area contributed by atoms with Crippen LogP contribution in [0.15, 0.2) is 6.07 Å². The van der Waals surface area contributed by atoms with E-state index >= 15 is 0 Å². The first-order chi connectivity index (χ1) is 8.67. The van der Waals surface area contributed by atoms with Crippen molar-refractivity contribution in [3.05, 3.63) is 22.9 Å². The number of aromatic nitrogens is 1. The monoisotopic (exact) mass is 241 g/mol. The van der Waals surface area contributed by atoms with Gasteiger partial charge in [-0.2, -0.15) is 5.26 Å². The number of nitriles is 1. The molecule has 1 aromatic heterocycles. The highest BCUT2D eigenvalue weighted by molar-refractivity contribution is 5.57. The summed E-state index contributed by atoms with van der Waals surface area (Å²) in [7, 11) is 0. The molecule has 0 amide bonds.